The molecule has 1 atom stereocenters. The van der Waals surface area contributed by atoms with E-state index in [1.807, 2.05) is 42.5 Å². The van der Waals surface area contributed by atoms with E-state index in [1.54, 1.807) is 6.07 Å². The van der Waals surface area contributed by atoms with E-state index in [1.165, 1.54) is 9.96 Å². The minimum absolute atomic E-state index is 0.0250. The Kier molecular flexibility index (Phi) is 6.02. The molecule has 1 fully saturated rings. The summed E-state index contributed by atoms with van der Waals surface area (Å²) in [5.74, 6) is 0.891. The second kappa shape index (κ2) is 9.26. The predicted octanol–water partition coefficient (Wildman–Crippen LogP) is 3.26. The van der Waals surface area contributed by atoms with Crippen LogP contribution in [-0.4, -0.2) is 44.3 Å². The number of ether oxygens (including phenoxy) is 2. The van der Waals surface area contributed by atoms with Crippen LogP contribution in [-0.2, 0) is 16.1 Å². The van der Waals surface area contributed by atoms with Crippen molar-refractivity contribution < 1.29 is 14.3 Å². The van der Waals surface area contributed by atoms with E-state index >= 15 is 0 Å². The van der Waals surface area contributed by atoms with Crippen LogP contribution >= 0.6 is 0 Å². The summed E-state index contributed by atoms with van der Waals surface area (Å²) in [6, 6.07) is 15.0. The highest BCUT2D eigenvalue weighted by Gasteiger charge is 2.20. The van der Waals surface area contributed by atoms with Gasteiger partial charge >= 0.3 is 5.69 Å². The molecule has 0 spiro atoms. The maximum atomic E-state index is 13.2. The highest BCUT2D eigenvalue weighted by Crippen LogP contribution is 2.27. The third-order valence-electron chi connectivity index (χ3n) is 5.98. The molecule has 9 nitrogen and oxygen atoms in total. The first-order chi connectivity index (χ1) is 16.5. The number of carbonyl (C=O) groups is 1. The van der Waals surface area contributed by atoms with Crippen LogP contribution in [0.25, 0.3) is 16.7 Å². The SMILES string of the molecule is CC(C)c1ccc(Oc2nc3ccccc3n3c(=O)n(CC(=O)NC[C@@H]4CCCO4)nc23)cc1. The molecule has 34 heavy (non-hydrogen) atoms. The molecule has 1 amide bonds. The molecule has 2 aromatic heterocycles. The number of nitrogens with zero attached hydrogens (tertiary/aromatic N) is 4. The summed E-state index contributed by atoms with van der Waals surface area (Å²) in [6.07, 6.45) is 1.94. The zero-order valence-corrected chi connectivity index (χ0v) is 19.2. The smallest absolute Gasteiger partial charge is 0.351 e. The Hall–Kier alpha value is -3.72. The lowest BCUT2D eigenvalue weighted by molar-refractivity contribution is -0.122. The molecular weight excluding hydrogens is 434 g/mol. The molecule has 9 heteroatoms. The summed E-state index contributed by atoms with van der Waals surface area (Å²) in [4.78, 5) is 30.3. The summed E-state index contributed by atoms with van der Waals surface area (Å²) < 4.78 is 14.2. The Morgan fingerprint density at radius 2 is 2.00 bits per heavy atom. The summed E-state index contributed by atoms with van der Waals surface area (Å²) in [5, 5.41) is 7.24. The van der Waals surface area contributed by atoms with Crippen LogP contribution in [0.4, 0.5) is 0 Å². The van der Waals surface area contributed by atoms with Crippen molar-refractivity contribution in [1.82, 2.24) is 24.5 Å². The number of aromatic nitrogens is 4. The Labute approximate surface area is 196 Å². The number of amides is 1. The number of rotatable bonds is 7. The quantitative estimate of drug-likeness (QED) is 0.454. The van der Waals surface area contributed by atoms with E-state index in [9.17, 15) is 9.59 Å². The van der Waals surface area contributed by atoms with Crippen LogP contribution < -0.4 is 15.7 Å². The number of hydrogen-bond donors (Lipinski definition) is 1. The van der Waals surface area contributed by atoms with Crippen molar-refractivity contribution in [2.45, 2.75) is 45.3 Å². The second-order valence-electron chi connectivity index (χ2n) is 8.77. The normalized spacial score (nSPS) is 15.9. The zero-order chi connectivity index (χ0) is 23.7. The van der Waals surface area contributed by atoms with Gasteiger partial charge in [0.05, 0.1) is 17.1 Å². The zero-order valence-electron chi connectivity index (χ0n) is 19.2. The second-order valence-corrected chi connectivity index (χ2v) is 8.77. The van der Waals surface area contributed by atoms with E-state index < -0.39 is 5.69 Å². The molecule has 0 bridgehead atoms. The molecule has 0 radical (unpaired) electrons. The van der Waals surface area contributed by atoms with Crippen molar-refractivity contribution in [3.05, 3.63) is 64.6 Å². The highest BCUT2D eigenvalue weighted by atomic mass is 16.5. The Morgan fingerprint density at radius 3 is 2.74 bits per heavy atom. The molecule has 5 rings (SSSR count). The molecule has 1 aliphatic rings. The van der Waals surface area contributed by atoms with Crippen molar-refractivity contribution >= 4 is 22.6 Å². The minimum atomic E-state index is -0.430. The summed E-state index contributed by atoms with van der Waals surface area (Å²) >= 11 is 0. The van der Waals surface area contributed by atoms with Gasteiger partial charge in [-0.1, -0.05) is 38.1 Å². The first-order valence-corrected chi connectivity index (χ1v) is 11.5. The number of hydrogen-bond acceptors (Lipinski definition) is 6. The summed E-state index contributed by atoms with van der Waals surface area (Å²) in [6.45, 7) is 5.19. The molecule has 4 aromatic rings. The lowest BCUT2D eigenvalue weighted by Crippen LogP contribution is -2.36. The maximum Gasteiger partial charge on any atom is 0.351 e. The van der Waals surface area contributed by atoms with Crippen molar-refractivity contribution in [2.24, 2.45) is 0 Å². The van der Waals surface area contributed by atoms with Crippen LogP contribution in [0.1, 0.15) is 38.2 Å². The number of para-hydroxylation sites is 2. The van der Waals surface area contributed by atoms with Gasteiger partial charge in [0.25, 0.3) is 5.88 Å². The van der Waals surface area contributed by atoms with Crippen LogP contribution in [0.15, 0.2) is 53.3 Å². The van der Waals surface area contributed by atoms with Crippen LogP contribution in [0.2, 0.25) is 0 Å². The van der Waals surface area contributed by atoms with E-state index in [0.717, 1.165) is 24.1 Å². The van der Waals surface area contributed by atoms with Gasteiger partial charge in [0.15, 0.2) is 0 Å². The first-order valence-electron chi connectivity index (χ1n) is 11.5. The topological polar surface area (TPSA) is 99.8 Å². The maximum absolute atomic E-state index is 13.2. The summed E-state index contributed by atoms with van der Waals surface area (Å²) in [7, 11) is 0. The van der Waals surface area contributed by atoms with Gasteiger partial charge in [0.2, 0.25) is 11.6 Å². The molecular formula is C25H27N5O4. The van der Waals surface area contributed by atoms with Gasteiger partial charge < -0.3 is 14.8 Å². The van der Waals surface area contributed by atoms with Gasteiger partial charge in [-0.05, 0) is 48.6 Å². The van der Waals surface area contributed by atoms with Gasteiger partial charge in [-0.2, -0.15) is 0 Å². The van der Waals surface area contributed by atoms with Crippen LogP contribution in [0.5, 0.6) is 11.6 Å². The third-order valence-corrected chi connectivity index (χ3v) is 5.98. The average molecular weight is 462 g/mol. The third kappa shape index (κ3) is 4.38. The highest BCUT2D eigenvalue weighted by molar-refractivity contribution is 5.80. The molecule has 3 heterocycles. The Morgan fingerprint density at radius 1 is 1.21 bits per heavy atom. The lowest BCUT2D eigenvalue weighted by atomic mass is 10.0. The van der Waals surface area contributed by atoms with Gasteiger partial charge in [-0.3, -0.25) is 4.79 Å². The Balaban J connectivity index is 1.48. The van der Waals surface area contributed by atoms with Crippen molar-refractivity contribution in [1.29, 1.82) is 0 Å². The number of nitrogens with one attached hydrogen (secondary N) is 1. The van der Waals surface area contributed by atoms with E-state index in [-0.39, 0.29) is 30.1 Å². The van der Waals surface area contributed by atoms with Crippen molar-refractivity contribution in [3.63, 3.8) is 0 Å². The molecule has 2 aromatic carbocycles. The number of benzene rings is 2. The molecule has 1 aliphatic heterocycles. The van der Waals surface area contributed by atoms with Gasteiger partial charge in [0.1, 0.15) is 12.3 Å². The standard InChI is InChI=1S/C25H27N5O4/c1-16(2)17-9-11-18(12-10-17)34-24-23-28-29(15-22(31)26-14-19-6-5-13-33-19)25(32)30(23)21-8-4-3-7-20(21)27-24/h3-4,7-12,16,19H,5-6,13-15H2,1-2H3,(H,26,31)/t19-/m0/s1. The molecule has 176 valence electrons. The molecule has 0 saturated carbocycles. The predicted molar refractivity (Wildman–Crippen MR) is 127 cm³/mol. The molecule has 0 aliphatic carbocycles. The van der Waals surface area contributed by atoms with Gasteiger partial charge in [-0.15, -0.1) is 5.10 Å². The van der Waals surface area contributed by atoms with E-state index in [2.05, 4.69) is 29.2 Å². The van der Waals surface area contributed by atoms with Crippen LogP contribution in [0, 0.1) is 0 Å². The average Bonchev–Trinajstić information content (AvgIpc) is 3.47. The first kappa shape index (κ1) is 22.1. The molecule has 0 unspecified atom stereocenters. The fraction of sp³-hybridized carbons (Fsp3) is 0.360. The van der Waals surface area contributed by atoms with Crippen molar-refractivity contribution in [3.8, 4) is 11.6 Å². The fourth-order valence-electron chi connectivity index (χ4n) is 4.10. The summed E-state index contributed by atoms with van der Waals surface area (Å²) in [5.41, 5.74) is 2.20. The molecule has 1 N–H and O–H groups in total. The van der Waals surface area contributed by atoms with Crippen molar-refractivity contribution in [2.75, 3.05) is 13.2 Å². The fourth-order valence-corrected chi connectivity index (χ4v) is 4.10. The molecule has 1 saturated heterocycles. The number of fused-ring (bicyclic) bond motifs is 3. The monoisotopic (exact) mass is 461 g/mol. The Bertz CT molecular complexity index is 1380. The number of carbonyl (C=O) groups excluding carboxylic acids is 1. The van der Waals surface area contributed by atoms with E-state index in [0.29, 0.717) is 29.2 Å². The lowest BCUT2D eigenvalue weighted by Gasteiger charge is -2.10. The largest absolute Gasteiger partial charge is 0.436 e. The van der Waals surface area contributed by atoms with Crippen LogP contribution in [0.3, 0.4) is 0 Å². The minimum Gasteiger partial charge on any atom is -0.436 e. The van der Waals surface area contributed by atoms with Gasteiger partial charge in [-0.25, -0.2) is 18.9 Å². The van der Waals surface area contributed by atoms with Gasteiger partial charge in [0, 0.05) is 13.2 Å². The van der Waals surface area contributed by atoms with E-state index in [4.69, 9.17) is 9.47 Å².